The van der Waals surface area contributed by atoms with E-state index in [1.807, 2.05) is 0 Å². The summed E-state index contributed by atoms with van der Waals surface area (Å²) in [6.07, 6.45) is -3.52. The molecule has 1 aromatic carbocycles. The first kappa shape index (κ1) is 11.9. The van der Waals surface area contributed by atoms with Crippen LogP contribution in [-0.2, 0) is 4.79 Å². The zero-order valence-corrected chi connectivity index (χ0v) is 10.1. The molecule has 0 amide bonds. The first-order valence-corrected chi connectivity index (χ1v) is 6.41. The molecule has 0 aliphatic carbocycles. The second kappa shape index (κ2) is 3.66. The summed E-state index contributed by atoms with van der Waals surface area (Å²) in [4.78, 5) is 10.9. The van der Waals surface area contributed by atoms with Gasteiger partial charge in [0.25, 0.3) is 0 Å². The van der Waals surface area contributed by atoms with Gasteiger partial charge in [-0.1, -0.05) is 23.9 Å². The second-order valence-electron chi connectivity index (χ2n) is 4.46. The SMILES string of the molecule is O=CC1CCC2(C(F)(F)F)Sc3ccccc3N12. The number of benzene rings is 1. The van der Waals surface area contributed by atoms with Crippen molar-refractivity contribution in [2.45, 2.75) is 34.8 Å². The summed E-state index contributed by atoms with van der Waals surface area (Å²) in [6, 6.07) is 6.06. The second-order valence-corrected chi connectivity index (χ2v) is 5.78. The number of aldehydes is 1. The van der Waals surface area contributed by atoms with E-state index >= 15 is 0 Å². The molecule has 2 aliphatic rings. The maximum atomic E-state index is 13.4. The Morgan fingerprint density at radius 2 is 2.11 bits per heavy atom. The average Bonchev–Trinajstić information content (AvgIpc) is 2.82. The first-order valence-electron chi connectivity index (χ1n) is 5.59. The van der Waals surface area contributed by atoms with Gasteiger partial charge in [0.05, 0.1) is 11.7 Å². The Morgan fingerprint density at radius 3 is 2.78 bits per heavy atom. The van der Waals surface area contributed by atoms with Crippen LogP contribution in [0.2, 0.25) is 0 Å². The summed E-state index contributed by atoms with van der Waals surface area (Å²) in [7, 11) is 0. The topological polar surface area (TPSA) is 20.3 Å². The third-order valence-electron chi connectivity index (χ3n) is 3.50. The van der Waals surface area contributed by atoms with E-state index in [1.165, 1.54) is 4.90 Å². The lowest BCUT2D eigenvalue weighted by molar-refractivity contribution is -0.156. The lowest BCUT2D eigenvalue weighted by atomic mass is 10.2. The maximum absolute atomic E-state index is 13.4. The molecule has 18 heavy (non-hydrogen) atoms. The lowest BCUT2D eigenvalue weighted by Crippen LogP contribution is -2.53. The number of thioether (sulfide) groups is 1. The van der Waals surface area contributed by atoms with Gasteiger partial charge in [0, 0.05) is 4.90 Å². The van der Waals surface area contributed by atoms with Crippen LogP contribution in [0.15, 0.2) is 29.2 Å². The fourth-order valence-corrected chi connectivity index (χ4v) is 4.17. The molecule has 96 valence electrons. The van der Waals surface area contributed by atoms with E-state index in [-0.39, 0.29) is 12.8 Å². The van der Waals surface area contributed by atoms with Gasteiger partial charge in [0.1, 0.15) is 6.29 Å². The van der Waals surface area contributed by atoms with Gasteiger partial charge in [0.2, 0.25) is 0 Å². The minimum atomic E-state index is -4.35. The molecular formula is C12H10F3NOS. The highest BCUT2D eigenvalue weighted by Gasteiger charge is 2.66. The molecule has 2 aliphatic heterocycles. The quantitative estimate of drug-likeness (QED) is 0.733. The summed E-state index contributed by atoms with van der Waals surface area (Å²) in [5, 5.41) is 0. The predicted molar refractivity (Wildman–Crippen MR) is 62.7 cm³/mol. The summed E-state index contributed by atoms with van der Waals surface area (Å²) in [5.41, 5.74) is 0.523. The van der Waals surface area contributed by atoms with E-state index in [0.717, 1.165) is 11.8 Å². The summed E-state index contributed by atoms with van der Waals surface area (Å²) >= 11 is 0.822. The van der Waals surface area contributed by atoms with E-state index < -0.39 is 17.1 Å². The Kier molecular flexibility index (Phi) is 2.42. The molecule has 0 bridgehead atoms. The van der Waals surface area contributed by atoms with E-state index in [1.54, 1.807) is 24.3 Å². The number of fused-ring (bicyclic) bond motifs is 3. The van der Waals surface area contributed by atoms with Crippen LogP contribution in [0.3, 0.4) is 0 Å². The number of nitrogens with zero attached hydrogens (tertiary/aromatic N) is 1. The van der Waals surface area contributed by atoms with E-state index in [0.29, 0.717) is 16.9 Å². The highest BCUT2D eigenvalue weighted by atomic mass is 32.2. The van der Waals surface area contributed by atoms with Crippen molar-refractivity contribution < 1.29 is 18.0 Å². The summed E-state index contributed by atoms with van der Waals surface area (Å²) in [6.45, 7) is 0. The van der Waals surface area contributed by atoms with Crippen LogP contribution in [-0.4, -0.2) is 23.4 Å². The standard InChI is InChI=1S/C12H10F3NOS/c13-12(14,15)11-6-5-8(7-17)16(11)9-3-1-2-4-10(9)18-11/h1-4,7-8H,5-6H2. The lowest BCUT2D eigenvalue weighted by Gasteiger charge is -2.36. The van der Waals surface area contributed by atoms with Crippen molar-refractivity contribution in [3.05, 3.63) is 24.3 Å². The first-order chi connectivity index (χ1) is 8.49. The number of rotatable bonds is 1. The van der Waals surface area contributed by atoms with Crippen molar-refractivity contribution in [1.29, 1.82) is 0 Å². The molecule has 2 heterocycles. The fourth-order valence-electron chi connectivity index (χ4n) is 2.72. The Morgan fingerprint density at radius 1 is 1.39 bits per heavy atom. The fraction of sp³-hybridized carbons (Fsp3) is 0.417. The van der Waals surface area contributed by atoms with Gasteiger partial charge in [-0.15, -0.1) is 0 Å². The minimum Gasteiger partial charge on any atom is -0.338 e. The molecule has 0 aromatic heterocycles. The number of carbonyl (C=O) groups excluding carboxylic acids is 1. The van der Waals surface area contributed by atoms with Gasteiger partial charge in [-0.2, -0.15) is 13.2 Å². The van der Waals surface area contributed by atoms with Crippen molar-refractivity contribution in [3.63, 3.8) is 0 Å². The van der Waals surface area contributed by atoms with Gasteiger partial charge in [-0.05, 0) is 25.0 Å². The van der Waals surface area contributed by atoms with Crippen LogP contribution in [0.25, 0.3) is 0 Å². The van der Waals surface area contributed by atoms with Crippen molar-refractivity contribution in [1.82, 2.24) is 0 Å². The third-order valence-corrected chi connectivity index (χ3v) is 5.04. The van der Waals surface area contributed by atoms with Crippen LogP contribution < -0.4 is 4.90 Å². The molecule has 3 rings (SSSR count). The molecule has 1 aromatic rings. The number of hydrogen-bond acceptors (Lipinski definition) is 3. The molecule has 1 saturated heterocycles. The van der Waals surface area contributed by atoms with E-state index in [2.05, 4.69) is 0 Å². The number of alkyl halides is 3. The van der Waals surface area contributed by atoms with Gasteiger partial charge >= 0.3 is 6.18 Å². The molecule has 2 atom stereocenters. The van der Waals surface area contributed by atoms with Crippen LogP contribution in [0, 0.1) is 0 Å². The number of hydrogen-bond donors (Lipinski definition) is 0. The number of carbonyl (C=O) groups is 1. The van der Waals surface area contributed by atoms with Crippen molar-refractivity contribution in [2.24, 2.45) is 0 Å². The Hall–Kier alpha value is -1.17. The van der Waals surface area contributed by atoms with Crippen molar-refractivity contribution in [2.75, 3.05) is 4.90 Å². The normalized spacial score (nSPS) is 30.2. The molecular weight excluding hydrogens is 263 g/mol. The molecule has 0 saturated carbocycles. The van der Waals surface area contributed by atoms with Gasteiger partial charge < -0.3 is 9.69 Å². The molecule has 0 N–H and O–H groups in total. The summed E-state index contributed by atoms with van der Waals surface area (Å²) < 4.78 is 40.2. The largest absolute Gasteiger partial charge is 0.421 e. The van der Waals surface area contributed by atoms with Crippen LogP contribution >= 0.6 is 11.8 Å². The van der Waals surface area contributed by atoms with Crippen LogP contribution in [0.1, 0.15) is 12.8 Å². The van der Waals surface area contributed by atoms with Crippen molar-refractivity contribution in [3.8, 4) is 0 Å². The molecule has 2 unspecified atom stereocenters. The number of para-hydroxylation sites is 1. The van der Waals surface area contributed by atoms with Gasteiger partial charge in [-0.3, -0.25) is 0 Å². The van der Waals surface area contributed by atoms with E-state index in [9.17, 15) is 18.0 Å². The van der Waals surface area contributed by atoms with Crippen molar-refractivity contribution >= 4 is 23.7 Å². The molecule has 2 nitrogen and oxygen atoms in total. The average molecular weight is 273 g/mol. The highest BCUT2D eigenvalue weighted by Crippen LogP contribution is 2.62. The van der Waals surface area contributed by atoms with Crippen LogP contribution in [0.5, 0.6) is 0 Å². The zero-order valence-electron chi connectivity index (χ0n) is 9.28. The zero-order chi connectivity index (χ0) is 13.0. The monoisotopic (exact) mass is 273 g/mol. The number of halogens is 3. The highest BCUT2D eigenvalue weighted by molar-refractivity contribution is 8.01. The predicted octanol–water partition coefficient (Wildman–Crippen LogP) is 3.22. The summed E-state index contributed by atoms with van der Waals surface area (Å²) in [5.74, 6) is 0. The van der Waals surface area contributed by atoms with Crippen LogP contribution in [0.4, 0.5) is 18.9 Å². The molecule has 1 fully saturated rings. The van der Waals surface area contributed by atoms with E-state index in [4.69, 9.17) is 0 Å². The number of anilines is 1. The third kappa shape index (κ3) is 1.35. The smallest absolute Gasteiger partial charge is 0.338 e. The van der Waals surface area contributed by atoms with Gasteiger partial charge in [0.15, 0.2) is 4.87 Å². The molecule has 0 radical (unpaired) electrons. The minimum absolute atomic E-state index is 0.0424. The van der Waals surface area contributed by atoms with Gasteiger partial charge in [-0.25, -0.2) is 0 Å². The Balaban J connectivity index is 2.16. The molecule has 6 heteroatoms. The Bertz CT molecular complexity index is 504. The Labute approximate surface area is 106 Å². The maximum Gasteiger partial charge on any atom is 0.421 e. The molecule has 0 spiro atoms.